The van der Waals surface area contributed by atoms with E-state index in [-0.39, 0.29) is 17.6 Å². The van der Waals surface area contributed by atoms with Gasteiger partial charge in [-0.3, -0.25) is 19.4 Å². The quantitative estimate of drug-likeness (QED) is 0.709. The van der Waals surface area contributed by atoms with Gasteiger partial charge in [0.05, 0.1) is 18.8 Å². The Balaban J connectivity index is 2.15. The van der Waals surface area contributed by atoms with Gasteiger partial charge >= 0.3 is 0 Å². The summed E-state index contributed by atoms with van der Waals surface area (Å²) in [6.07, 6.45) is -0.230. The molecule has 0 aromatic carbocycles. The fraction of sp³-hybridized carbons (Fsp3) is 0.600. The van der Waals surface area contributed by atoms with Crippen LogP contribution in [0.25, 0.3) is 0 Å². The maximum atomic E-state index is 11.3. The van der Waals surface area contributed by atoms with Crippen LogP contribution < -0.4 is 5.56 Å². The number of aromatic amines is 1. The molecule has 1 aromatic heterocycles. The van der Waals surface area contributed by atoms with E-state index in [1.807, 2.05) is 0 Å². The Morgan fingerprint density at radius 1 is 1.62 bits per heavy atom. The maximum absolute atomic E-state index is 11.3. The molecule has 6 heteroatoms. The molecule has 1 aliphatic heterocycles. The molecule has 1 saturated heterocycles. The number of amides is 1. The standard InChI is InChI=1S/C10H15N3O3/c1-7(14)13-3-4-16-9(6-13)8-5-10(15)12(2)11-8/h5,9,11H,3-4,6H2,1-2H3/t9-/m0/s1. The minimum atomic E-state index is -0.230. The monoisotopic (exact) mass is 225 g/mol. The van der Waals surface area contributed by atoms with Gasteiger partial charge in [-0.2, -0.15) is 0 Å². The number of nitrogens with zero attached hydrogens (tertiary/aromatic N) is 2. The summed E-state index contributed by atoms with van der Waals surface area (Å²) >= 11 is 0. The summed E-state index contributed by atoms with van der Waals surface area (Å²) < 4.78 is 6.93. The fourth-order valence-corrected chi connectivity index (χ4v) is 1.80. The highest BCUT2D eigenvalue weighted by Crippen LogP contribution is 2.19. The van der Waals surface area contributed by atoms with E-state index < -0.39 is 0 Å². The lowest BCUT2D eigenvalue weighted by molar-refractivity contribution is -0.136. The Morgan fingerprint density at radius 3 is 2.94 bits per heavy atom. The SMILES string of the molecule is CC(=O)N1CCO[C@H](c2cc(=O)n(C)[nH]2)C1. The van der Waals surface area contributed by atoms with Gasteiger partial charge in [0.1, 0.15) is 6.10 Å². The Labute approximate surface area is 92.8 Å². The molecule has 0 spiro atoms. The highest BCUT2D eigenvalue weighted by Gasteiger charge is 2.24. The average molecular weight is 225 g/mol. The molecular weight excluding hydrogens is 210 g/mol. The van der Waals surface area contributed by atoms with Crippen LogP contribution in [0.1, 0.15) is 18.7 Å². The van der Waals surface area contributed by atoms with Crippen molar-refractivity contribution in [1.29, 1.82) is 0 Å². The average Bonchev–Trinajstić information content (AvgIpc) is 2.59. The zero-order valence-corrected chi connectivity index (χ0v) is 9.40. The molecule has 0 saturated carbocycles. The van der Waals surface area contributed by atoms with Crippen LogP contribution in [0.15, 0.2) is 10.9 Å². The number of ether oxygens (including phenoxy) is 1. The van der Waals surface area contributed by atoms with Gasteiger partial charge in [0.25, 0.3) is 5.56 Å². The van der Waals surface area contributed by atoms with E-state index >= 15 is 0 Å². The molecule has 1 N–H and O–H groups in total. The molecule has 1 fully saturated rings. The third-order valence-electron chi connectivity index (χ3n) is 2.77. The number of H-pyrrole nitrogens is 1. The molecule has 2 heterocycles. The Hall–Kier alpha value is -1.56. The maximum Gasteiger partial charge on any atom is 0.266 e. The van der Waals surface area contributed by atoms with Gasteiger partial charge < -0.3 is 9.64 Å². The van der Waals surface area contributed by atoms with E-state index in [1.54, 1.807) is 11.9 Å². The number of carbonyl (C=O) groups is 1. The number of aromatic nitrogens is 2. The number of hydrogen-bond acceptors (Lipinski definition) is 3. The van der Waals surface area contributed by atoms with Gasteiger partial charge in [-0.05, 0) is 0 Å². The van der Waals surface area contributed by atoms with Gasteiger partial charge in [-0.15, -0.1) is 0 Å². The predicted molar refractivity (Wildman–Crippen MR) is 57.0 cm³/mol. The number of morpholine rings is 1. The van der Waals surface area contributed by atoms with E-state index in [0.29, 0.717) is 19.7 Å². The molecule has 16 heavy (non-hydrogen) atoms. The molecular formula is C10H15N3O3. The van der Waals surface area contributed by atoms with E-state index in [4.69, 9.17) is 4.74 Å². The lowest BCUT2D eigenvalue weighted by atomic mass is 10.2. The zero-order chi connectivity index (χ0) is 11.7. The topological polar surface area (TPSA) is 67.3 Å². The molecule has 0 aliphatic carbocycles. The molecule has 1 aromatic rings. The molecule has 0 radical (unpaired) electrons. The summed E-state index contributed by atoms with van der Waals surface area (Å²) in [5.74, 6) is 0.0339. The highest BCUT2D eigenvalue weighted by molar-refractivity contribution is 5.73. The van der Waals surface area contributed by atoms with Crippen molar-refractivity contribution in [1.82, 2.24) is 14.7 Å². The van der Waals surface area contributed by atoms with Crippen LogP contribution in [0.4, 0.5) is 0 Å². The van der Waals surface area contributed by atoms with Crippen LogP contribution in [0.3, 0.4) is 0 Å². The van der Waals surface area contributed by atoms with Crippen LogP contribution in [0.5, 0.6) is 0 Å². The van der Waals surface area contributed by atoms with Crippen molar-refractivity contribution in [2.45, 2.75) is 13.0 Å². The van der Waals surface area contributed by atoms with Crippen LogP contribution in [0.2, 0.25) is 0 Å². The van der Waals surface area contributed by atoms with Gasteiger partial charge in [0.2, 0.25) is 5.91 Å². The second-order valence-electron chi connectivity index (χ2n) is 3.93. The molecule has 0 unspecified atom stereocenters. The lowest BCUT2D eigenvalue weighted by Crippen LogP contribution is -2.41. The van der Waals surface area contributed by atoms with Crippen molar-refractivity contribution in [3.8, 4) is 0 Å². The Morgan fingerprint density at radius 2 is 2.38 bits per heavy atom. The Kier molecular flexibility index (Phi) is 2.82. The second kappa shape index (κ2) is 4.13. The van der Waals surface area contributed by atoms with Gasteiger partial charge in [0, 0.05) is 26.6 Å². The number of aryl methyl sites for hydroxylation is 1. The largest absolute Gasteiger partial charge is 0.368 e. The fourth-order valence-electron chi connectivity index (χ4n) is 1.80. The summed E-state index contributed by atoms with van der Waals surface area (Å²) in [6.45, 7) is 3.15. The predicted octanol–water partition coefficient (Wildman–Crippen LogP) is -0.367. The highest BCUT2D eigenvalue weighted by atomic mass is 16.5. The molecule has 1 atom stereocenters. The molecule has 1 aliphatic rings. The summed E-state index contributed by atoms with van der Waals surface area (Å²) in [6, 6.07) is 1.51. The molecule has 1 amide bonds. The van der Waals surface area contributed by atoms with Crippen molar-refractivity contribution in [3.05, 3.63) is 22.1 Å². The lowest BCUT2D eigenvalue weighted by Gasteiger charge is -2.31. The first kappa shape index (κ1) is 10.9. The third-order valence-corrected chi connectivity index (χ3v) is 2.77. The van der Waals surface area contributed by atoms with E-state index in [9.17, 15) is 9.59 Å². The van der Waals surface area contributed by atoms with Crippen LogP contribution in [-0.4, -0.2) is 40.3 Å². The summed E-state index contributed by atoms with van der Waals surface area (Å²) in [7, 11) is 1.65. The summed E-state index contributed by atoms with van der Waals surface area (Å²) in [4.78, 5) is 24.3. The van der Waals surface area contributed by atoms with Crippen LogP contribution in [-0.2, 0) is 16.6 Å². The first-order chi connectivity index (χ1) is 7.58. The smallest absolute Gasteiger partial charge is 0.266 e. The molecule has 6 nitrogen and oxygen atoms in total. The van der Waals surface area contributed by atoms with Crippen LogP contribution in [0, 0.1) is 0 Å². The van der Waals surface area contributed by atoms with Gasteiger partial charge in [-0.25, -0.2) is 0 Å². The Bertz CT molecular complexity index is 448. The van der Waals surface area contributed by atoms with Crippen molar-refractivity contribution >= 4 is 5.91 Å². The van der Waals surface area contributed by atoms with Crippen LogP contribution >= 0.6 is 0 Å². The van der Waals surface area contributed by atoms with E-state index in [2.05, 4.69) is 5.10 Å². The zero-order valence-electron chi connectivity index (χ0n) is 9.40. The van der Waals surface area contributed by atoms with Gasteiger partial charge in [-0.1, -0.05) is 0 Å². The van der Waals surface area contributed by atoms with E-state index in [1.165, 1.54) is 17.7 Å². The van der Waals surface area contributed by atoms with Crippen molar-refractivity contribution in [2.24, 2.45) is 7.05 Å². The van der Waals surface area contributed by atoms with Crippen molar-refractivity contribution in [2.75, 3.05) is 19.7 Å². The van der Waals surface area contributed by atoms with Gasteiger partial charge in [0.15, 0.2) is 0 Å². The van der Waals surface area contributed by atoms with Crippen molar-refractivity contribution < 1.29 is 9.53 Å². The first-order valence-corrected chi connectivity index (χ1v) is 5.21. The first-order valence-electron chi connectivity index (χ1n) is 5.21. The van der Waals surface area contributed by atoms with E-state index in [0.717, 1.165) is 5.69 Å². The number of carbonyl (C=O) groups excluding carboxylic acids is 1. The number of nitrogens with one attached hydrogen (secondary N) is 1. The molecule has 88 valence electrons. The van der Waals surface area contributed by atoms with Crippen molar-refractivity contribution in [3.63, 3.8) is 0 Å². The molecule has 2 rings (SSSR count). The summed E-state index contributed by atoms with van der Waals surface area (Å²) in [5, 5.41) is 2.91. The second-order valence-corrected chi connectivity index (χ2v) is 3.93. The minimum Gasteiger partial charge on any atom is -0.368 e. The summed E-state index contributed by atoms with van der Waals surface area (Å²) in [5.41, 5.74) is 0.622. The normalized spacial score (nSPS) is 21.1. The number of rotatable bonds is 1. The third kappa shape index (κ3) is 2.01. The number of hydrogen-bond donors (Lipinski definition) is 1. The molecule has 0 bridgehead atoms. The minimum absolute atomic E-state index is 0.0339.